The van der Waals surface area contributed by atoms with Gasteiger partial charge < -0.3 is 0 Å². The standard InChI is InChI=1S/C20H19FN2O4S2/c1-14-7-12-20(15(2)13-14)29(26,27)23-19-6-4-3-5-18(19)22-28(24,25)17-10-8-16(21)9-11-17/h3-13,22-23H,1-2H3. The molecule has 0 saturated carbocycles. The first-order valence-electron chi connectivity index (χ1n) is 8.56. The first-order chi connectivity index (χ1) is 13.6. The maximum absolute atomic E-state index is 13.1. The summed E-state index contributed by atoms with van der Waals surface area (Å²) < 4.78 is 68.7. The van der Waals surface area contributed by atoms with E-state index in [9.17, 15) is 21.2 Å². The third-order valence-electron chi connectivity index (χ3n) is 4.16. The minimum absolute atomic E-state index is 0.0464. The van der Waals surface area contributed by atoms with Crippen molar-refractivity contribution in [2.45, 2.75) is 23.6 Å². The largest absolute Gasteiger partial charge is 0.277 e. The second-order valence-corrected chi connectivity index (χ2v) is 9.81. The zero-order valence-corrected chi connectivity index (χ0v) is 17.3. The maximum Gasteiger partial charge on any atom is 0.262 e. The Kier molecular flexibility index (Phi) is 5.63. The minimum Gasteiger partial charge on any atom is -0.277 e. The van der Waals surface area contributed by atoms with Gasteiger partial charge in [-0.15, -0.1) is 0 Å². The summed E-state index contributed by atoms with van der Waals surface area (Å²) >= 11 is 0. The van der Waals surface area contributed by atoms with Gasteiger partial charge in [-0.2, -0.15) is 0 Å². The lowest BCUT2D eigenvalue weighted by molar-refractivity contribution is 0.597. The Morgan fingerprint density at radius 3 is 1.83 bits per heavy atom. The van der Waals surface area contributed by atoms with Crippen LogP contribution in [0.5, 0.6) is 0 Å². The highest BCUT2D eigenvalue weighted by molar-refractivity contribution is 7.93. The van der Waals surface area contributed by atoms with Crippen LogP contribution in [0.4, 0.5) is 15.8 Å². The quantitative estimate of drug-likeness (QED) is 0.612. The Balaban J connectivity index is 1.94. The molecular formula is C20H19FN2O4S2. The summed E-state index contributed by atoms with van der Waals surface area (Å²) in [6, 6.07) is 15.3. The van der Waals surface area contributed by atoms with Gasteiger partial charge in [0.25, 0.3) is 20.0 Å². The molecular weight excluding hydrogens is 415 g/mol. The molecule has 2 N–H and O–H groups in total. The number of para-hydroxylation sites is 2. The molecule has 0 fully saturated rings. The lowest BCUT2D eigenvalue weighted by atomic mass is 10.2. The lowest BCUT2D eigenvalue weighted by Crippen LogP contribution is -2.18. The summed E-state index contributed by atoms with van der Waals surface area (Å²) in [6.45, 7) is 3.54. The zero-order valence-electron chi connectivity index (χ0n) is 15.7. The fourth-order valence-electron chi connectivity index (χ4n) is 2.78. The van der Waals surface area contributed by atoms with Crippen LogP contribution in [0, 0.1) is 19.7 Å². The number of rotatable bonds is 6. The first-order valence-corrected chi connectivity index (χ1v) is 11.5. The molecule has 0 saturated heterocycles. The summed E-state index contributed by atoms with van der Waals surface area (Å²) in [5.41, 5.74) is 1.61. The fraction of sp³-hybridized carbons (Fsp3) is 0.100. The fourth-order valence-corrected chi connectivity index (χ4v) is 5.17. The Hall–Kier alpha value is -2.91. The second kappa shape index (κ2) is 7.84. The topological polar surface area (TPSA) is 92.3 Å². The highest BCUT2D eigenvalue weighted by Gasteiger charge is 2.21. The van der Waals surface area contributed by atoms with Gasteiger partial charge in [0, 0.05) is 0 Å². The molecule has 0 atom stereocenters. The van der Waals surface area contributed by atoms with Gasteiger partial charge >= 0.3 is 0 Å². The van der Waals surface area contributed by atoms with Crippen molar-refractivity contribution in [1.29, 1.82) is 0 Å². The van der Waals surface area contributed by atoms with Gasteiger partial charge in [-0.05, 0) is 61.9 Å². The van der Waals surface area contributed by atoms with E-state index >= 15 is 0 Å². The average Bonchev–Trinajstić information content (AvgIpc) is 2.63. The number of benzene rings is 3. The highest BCUT2D eigenvalue weighted by atomic mass is 32.2. The third-order valence-corrected chi connectivity index (χ3v) is 7.07. The summed E-state index contributed by atoms with van der Waals surface area (Å²) in [5, 5.41) is 0. The van der Waals surface area contributed by atoms with Crippen LogP contribution in [-0.2, 0) is 20.0 Å². The molecule has 0 bridgehead atoms. The number of anilines is 2. The highest BCUT2D eigenvalue weighted by Crippen LogP contribution is 2.28. The molecule has 6 nitrogen and oxygen atoms in total. The molecule has 0 aliphatic heterocycles. The Morgan fingerprint density at radius 2 is 1.28 bits per heavy atom. The summed E-state index contributed by atoms with van der Waals surface area (Å²) in [5.74, 6) is -0.564. The normalized spacial score (nSPS) is 11.8. The average molecular weight is 435 g/mol. The van der Waals surface area contributed by atoms with E-state index in [1.54, 1.807) is 31.2 Å². The predicted molar refractivity (Wildman–Crippen MR) is 110 cm³/mol. The molecule has 0 aliphatic rings. The zero-order chi connectivity index (χ0) is 21.2. The van der Waals surface area contributed by atoms with Crippen molar-refractivity contribution in [3.63, 3.8) is 0 Å². The monoisotopic (exact) mass is 434 g/mol. The van der Waals surface area contributed by atoms with Gasteiger partial charge in [0.05, 0.1) is 21.2 Å². The van der Waals surface area contributed by atoms with Crippen LogP contribution in [-0.4, -0.2) is 16.8 Å². The summed E-state index contributed by atoms with van der Waals surface area (Å²) in [4.78, 5) is -0.0507. The lowest BCUT2D eigenvalue weighted by Gasteiger charge is -2.15. The molecule has 3 rings (SSSR count). The smallest absolute Gasteiger partial charge is 0.262 e. The Labute approximate surface area is 169 Å². The van der Waals surface area contributed by atoms with Gasteiger partial charge in [-0.25, -0.2) is 21.2 Å². The summed E-state index contributed by atoms with van der Waals surface area (Å²) in [7, 11) is -7.98. The molecule has 0 heterocycles. The van der Waals surface area contributed by atoms with E-state index in [2.05, 4.69) is 9.44 Å². The number of hydrogen-bond donors (Lipinski definition) is 2. The second-order valence-electron chi connectivity index (χ2n) is 6.48. The molecule has 0 amide bonds. The molecule has 152 valence electrons. The van der Waals surface area contributed by atoms with Crippen molar-refractivity contribution >= 4 is 31.4 Å². The van der Waals surface area contributed by atoms with Crippen molar-refractivity contribution in [3.8, 4) is 0 Å². The van der Waals surface area contributed by atoms with Crippen molar-refractivity contribution < 1.29 is 21.2 Å². The molecule has 0 spiro atoms. The summed E-state index contributed by atoms with van der Waals surface area (Å²) in [6.07, 6.45) is 0. The van der Waals surface area contributed by atoms with Crippen LogP contribution in [0.1, 0.15) is 11.1 Å². The molecule has 3 aromatic carbocycles. The van der Waals surface area contributed by atoms with E-state index in [0.29, 0.717) is 5.56 Å². The van der Waals surface area contributed by atoms with E-state index < -0.39 is 25.9 Å². The van der Waals surface area contributed by atoms with E-state index in [1.165, 1.54) is 18.2 Å². The van der Waals surface area contributed by atoms with Crippen molar-refractivity contribution in [2.75, 3.05) is 9.44 Å². The van der Waals surface area contributed by atoms with Gasteiger partial charge in [-0.3, -0.25) is 9.44 Å². The van der Waals surface area contributed by atoms with Gasteiger partial charge in [0.15, 0.2) is 0 Å². The van der Waals surface area contributed by atoms with Crippen LogP contribution in [0.3, 0.4) is 0 Å². The molecule has 0 radical (unpaired) electrons. The number of halogens is 1. The van der Waals surface area contributed by atoms with Gasteiger partial charge in [-0.1, -0.05) is 29.8 Å². The van der Waals surface area contributed by atoms with Crippen LogP contribution >= 0.6 is 0 Å². The molecule has 3 aromatic rings. The van der Waals surface area contributed by atoms with Crippen LogP contribution in [0.15, 0.2) is 76.5 Å². The van der Waals surface area contributed by atoms with E-state index in [0.717, 1.165) is 29.8 Å². The first kappa shape index (κ1) is 20.8. The maximum atomic E-state index is 13.1. The number of aryl methyl sites for hydroxylation is 2. The van der Waals surface area contributed by atoms with Crippen LogP contribution in [0.25, 0.3) is 0 Å². The van der Waals surface area contributed by atoms with Crippen LogP contribution in [0.2, 0.25) is 0 Å². The molecule has 0 aromatic heterocycles. The molecule has 9 heteroatoms. The van der Waals surface area contributed by atoms with Crippen molar-refractivity contribution in [3.05, 3.63) is 83.7 Å². The minimum atomic E-state index is -4.04. The Morgan fingerprint density at radius 1 is 0.724 bits per heavy atom. The van der Waals surface area contributed by atoms with Gasteiger partial charge in [0.2, 0.25) is 0 Å². The van der Waals surface area contributed by atoms with Crippen LogP contribution < -0.4 is 9.44 Å². The molecule has 29 heavy (non-hydrogen) atoms. The van der Waals surface area contributed by atoms with E-state index in [4.69, 9.17) is 0 Å². The van der Waals surface area contributed by atoms with Crippen molar-refractivity contribution in [2.24, 2.45) is 0 Å². The van der Waals surface area contributed by atoms with Gasteiger partial charge in [0.1, 0.15) is 5.82 Å². The number of hydrogen-bond acceptors (Lipinski definition) is 4. The van der Waals surface area contributed by atoms with E-state index in [-0.39, 0.29) is 21.2 Å². The Bertz CT molecular complexity index is 1260. The third kappa shape index (κ3) is 4.75. The number of sulfonamides is 2. The predicted octanol–water partition coefficient (Wildman–Crippen LogP) is 4.04. The SMILES string of the molecule is Cc1ccc(S(=O)(=O)Nc2ccccc2NS(=O)(=O)c2ccc(F)cc2)c(C)c1. The number of nitrogens with one attached hydrogen (secondary N) is 2. The van der Waals surface area contributed by atoms with E-state index in [1.807, 2.05) is 6.92 Å². The molecule has 0 unspecified atom stereocenters. The molecule has 0 aliphatic carbocycles. The van der Waals surface area contributed by atoms with Crippen molar-refractivity contribution in [1.82, 2.24) is 0 Å².